The van der Waals surface area contributed by atoms with Gasteiger partial charge in [-0.3, -0.25) is 4.79 Å². The highest BCUT2D eigenvalue weighted by Crippen LogP contribution is 2.28. The lowest BCUT2D eigenvalue weighted by molar-refractivity contribution is -0.143. The van der Waals surface area contributed by atoms with E-state index < -0.39 is 6.10 Å². The number of benzene rings is 1. The number of hydrogen-bond donors (Lipinski definition) is 0. The highest BCUT2D eigenvalue weighted by Gasteiger charge is 2.33. The Balaban J connectivity index is 1.52. The minimum Gasteiger partial charge on any atom is -0.480 e. The molecule has 2 saturated heterocycles. The second-order valence-electron chi connectivity index (χ2n) is 6.47. The van der Waals surface area contributed by atoms with Crippen LogP contribution in [0.4, 0.5) is 0 Å². The molecule has 3 rings (SSSR count). The Morgan fingerprint density at radius 3 is 2.58 bits per heavy atom. The highest BCUT2D eigenvalue weighted by molar-refractivity contribution is 9.10. The molecular weight excluding hydrogens is 374 g/mol. The van der Waals surface area contributed by atoms with Gasteiger partial charge >= 0.3 is 0 Å². The summed E-state index contributed by atoms with van der Waals surface area (Å²) in [6.45, 7) is 6.65. The molecule has 5 nitrogen and oxygen atoms in total. The lowest BCUT2D eigenvalue weighted by atomic mass is 9.96. The molecule has 132 valence electrons. The molecule has 0 saturated carbocycles. The van der Waals surface area contributed by atoms with Crippen molar-refractivity contribution in [3.05, 3.63) is 28.2 Å². The molecular formula is C18H24BrNO4. The number of ether oxygens (including phenoxy) is 3. The van der Waals surface area contributed by atoms with E-state index in [1.54, 1.807) is 0 Å². The topological polar surface area (TPSA) is 48.0 Å². The summed E-state index contributed by atoms with van der Waals surface area (Å²) in [5.41, 5.74) is 1.15. The van der Waals surface area contributed by atoms with Crippen molar-refractivity contribution in [2.24, 2.45) is 5.92 Å². The first-order valence-electron chi connectivity index (χ1n) is 8.49. The van der Waals surface area contributed by atoms with Crippen molar-refractivity contribution in [3.63, 3.8) is 0 Å². The zero-order chi connectivity index (χ0) is 17.1. The van der Waals surface area contributed by atoms with Crippen LogP contribution in [0.25, 0.3) is 0 Å². The average molecular weight is 398 g/mol. The zero-order valence-electron chi connectivity index (χ0n) is 14.2. The third kappa shape index (κ3) is 4.10. The van der Waals surface area contributed by atoms with E-state index in [9.17, 15) is 4.79 Å². The molecule has 2 aliphatic rings. The second kappa shape index (κ2) is 7.85. The predicted octanol–water partition coefficient (Wildman–Crippen LogP) is 3.14. The van der Waals surface area contributed by atoms with Crippen LogP contribution in [-0.4, -0.2) is 49.5 Å². The van der Waals surface area contributed by atoms with E-state index in [-0.39, 0.29) is 12.2 Å². The van der Waals surface area contributed by atoms with Crippen LogP contribution in [0.5, 0.6) is 5.75 Å². The fraction of sp³-hybridized carbons (Fsp3) is 0.611. The fourth-order valence-electron chi connectivity index (χ4n) is 3.24. The van der Waals surface area contributed by atoms with E-state index in [0.29, 0.717) is 24.9 Å². The summed E-state index contributed by atoms with van der Waals surface area (Å²) < 4.78 is 17.9. The van der Waals surface area contributed by atoms with E-state index in [2.05, 4.69) is 15.9 Å². The molecule has 2 aliphatic heterocycles. The molecule has 1 aromatic rings. The van der Waals surface area contributed by atoms with Gasteiger partial charge in [0.2, 0.25) is 0 Å². The first-order valence-corrected chi connectivity index (χ1v) is 9.28. The number of halogens is 1. The van der Waals surface area contributed by atoms with Crippen molar-refractivity contribution >= 4 is 21.8 Å². The Morgan fingerprint density at radius 2 is 1.96 bits per heavy atom. The Hall–Kier alpha value is -1.11. The van der Waals surface area contributed by atoms with Crippen LogP contribution in [0.15, 0.2) is 22.7 Å². The molecule has 0 N–H and O–H groups in total. The first kappa shape index (κ1) is 17.7. The fourth-order valence-corrected chi connectivity index (χ4v) is 3.83. The molecule has 0 radical (unpaired) electrons. The molecule has 6 heteroatoms. The van der Waals surface area contributed by atoms with E-state index in [4.69, 9.17) is 14.2 Å². The second-order valence-corrected chi connectivity index (χ2v) is 7.32. The lowest BCUT2D eigenvalue weighted by Gasteiger charge is -2.35. The zero-order valence-corrected chi connectivity index (χ0v) is 15.8. The molecule has 1 atom stereocenters. The number of aryl methyl sites for hydroxylation is 1. The van der Waals surface area contributed by atoms with Crippen molar-refractivity contribution in [2.75, 3.05) is 26.3 Å². The maximum atomic E-state index is 12.6. The van der Waals surface area contributed by atoms with Crippen LogP contribution in [0.3, 0.4) is 0 Å². The molecule has 0 aromatic heterocycles. The predicted molar refractivity (Wildman–Crippen MR) is 94.0 cm³/mol. The summed E-state index contributed by atoms with van der Waals surface area (Å²) in [6.07, 6.45) is 1.24. The van der Waals surface area contributed by atoms with Crippen molar-refractivity contribution in [2.45, 2.75) is 39.1 Å². The molecule has 0 aliphatic carbocycles. The van der Waals surface area contributed by atoms with Crippen molar-refractivity contribution in [1.29, 1.82) is 0 Å². The number of carbonyl (C=O) groups excluding carboxylic acids is 1. The Kier molecular flexibility index (Phi) is 5.79. The Morgan fingerprint density at radius 1 is 1.29 bits per heavy atom. The van der Waals surface area contributed by atoms with Gasteiger partial charge in [0.25, 0.3) is 5.91 Å². The third-order valence-corrected chi connectivity index (χ3v) is 5.24. The number of hydrogen-bond acceptors (Lipinski definition) is 4. The smallest absolute Gasteiger partial charge is 0.263 e. The average Bonchev–Trinajstić information content (AvgIpc) is 3.11. The monoisotopic (exact) mass is 397 g/mol. The summed E-state index contributed by atoms with van der Waals surface area (Å²) in [7, 11) is 0. The summed E-state index contributed by atoms with van der Waals surface area (Å²) in [4.78, 5) is 14.5. The molecule has 24 heavy (non-hydrogen) atoms. The summed E-state index contributed by atoms with van der Waals surface area (Å²) >= 11 is 3.49. The van der Waals surface area contributed by atoms with Crippen LogP contribution in [-0.2, 0) is 14.3 Å². The normalized spacial score (nSPS) is 21.0. The number of carbonyl (C=O) groups is 1. The highest BCUT2D eigenvalue weighted by atomic mass is 79.9. The minimum atomic E-state index is -0.500. The molecule has 1 amide bonds. The summed E-state index contributed by atoms with van der Waals surface area (Å²) in [6, 6.07) is 5.86. The van der Waals surface area contributed by atoms with Crippen LogP contribution >= 0.6 is 15.9 Å². The quantitative estimate of drug-likeness (QED) is 0.782. The number of likely N-dealkylation sites (tertiary alicyclic amines) is 1. The van der Waals surface area contributed by atoms with Gasteiger partial charge in [0.1, 0.15) is 5.75 Å². The number of rotatable bonds is 4. The van der Waals surface area contributed by atoms with Gasteiger partial charge in [-0.25, -0.2) is 0 Å². The molecule has 2 heterocycles. The molecule has 2 fully saturated rings. The van der Waals surface area contributed by atoms with Crippen molar-refractivity contribution in [3.8, 4) is 5.75 Å². The van der Waals surface area contributed by atoms with Gasteiger partial charge in [0, 0.05) is 19.0 Å². The largest absolute Gasteiger partial charge is 0.480 e. The van der Waals surface area contributed by atoms with Crippen LogP contribution in [0.1, 0.15) is 25.3 Å². The van der Waals surface area contributed by atoms with Gasteiger partial charge < -0.3 is 19.1 Å². The van der Waals surface area contributed by atoms with E-state index in [1.807, 2.05) is 36.9 Å². The van der Waals surface area contributed by atoms with Crippen LogP contribution < -0.4 is 4.74 Å². The van der Waals surface area contributed by atoms with Gasteiger partial charge in [-0.15, -0.1) is 0 Å². The van der Waals surface area contributed by atoms with E-state index in [1.165, 1.54) is 0 Å². The van der Waals surface area contributed by atoms with Gasteiger partial charge in [0.05, 0.1) is 17.7 Å². The number of nitrogens with zero attached hydrogens (tertiary/aromatic N) is 1. The van der Waals surface area contributed by atoms with Gasteiger partial charge in [0.15, 0.2) is 12.4 Å². The summed E-state index contributed by atoms with van der Waals surface area (Å²) in [5.74, 6) is 1.12. The number of amides is 1. The first-order chi connectivity index (χ1) is 11.5. The van der Waals surface area contributed by atoms with E-state index >= 15 is 0 Å². The van der Waals surface area contributed by atoms with Crippen LogP contribution in [0, 0.1) is 12.8 Å². The van der Waals surface area contributed by atoms with Crippen LogP contribution in [0.2, 0.25) is 0 Å². The number of piperidine rings is 1. The SMILES string of the molecule is Cc1ccc(OC(C)C(=O)N2CCC(C3OCCO3)CC2)c(Br)c1. The van der Waals surface area contributed by atoms with Gasteiger partial charge in [-0.2, -0.15) is 0 Å². The standard InChI is InChI=1S/C18H24BrNO4/c1-12-3-4-16(15(19)11-12)24-13(2)17(21)20-7-5-14(6-8-20)18-22-9-10-23-18/h3-4,11,13-14,18H,5-10H2,1-2H3. The Bertz CT molecular complexity index is 580. The molecule has 1 aromatic carbocycles. The van der Waals surface area contributed by atoms with Gasteiger partial charge in [-0.05, 0) is 60.3 Å². The van der Waals surface area contributed by atoms with Crippen molar-refractivity contribution < 1.29 is 19.0 Å². The Labute approximate surface area is 151 Å². The maximum absolute atomic E-state index is 12.6. The van der Waals surface area contributed by atoms with Crippen molar-refractivity contribution in [1.82, 2.24) is 4.90 Å². The third-order valence-electron chi connectivity index (χ3n) is 4.62. The van der Waals surface area contributed by atoms with Gasteiger partial charge in [-0.1, -0.05) is 6.07 Å². The molecule has 0 bridgehead atoms. The van der Waals surface area contributed by atoms with E-state index in [0.717, 1.165) is 36.0 Å². The summed E-state index contributed by atoms with van der Waals surface area (Å²) in [5, 5.41) is 0. The minimum absolute atomic E-state index is 0.0363. The lowest BCUT2D eigenvalue weighted by Crippen LogP contribution is -2.46. The molecule has 0 spiro atoms. The maximum Gasteiger partial charge on any atom is 0.263 e. The molecule has 1 unspecified atom stereocenters.